The van der Waals surface area contributed by atoms with Crippen LogP contribution in [0.1, 0.15) is 20.7 Å². The molecule has 11 heteroatoms. The number of hydrogen-bond donors (Lipinski definition) is 2. The van der Waals surface area contributed by atoms with Gasteiger partial charge in [0.25, 0.3) is 11.6 Å². The Morgan fingerprint density at radius 1 is 1.21 bits per heavy atom. The molecular formula is C17H14N6O4S. The average Bonchev–Trinajstić information content (AvgIpc) is 3.06. The van der Waals surface area contributed by atoms with Crippen LogP contribution < -0.4 is 11.1 Å². The van der Waals surface area contributed by atoms with Gasteiger partial charge in [0, 0.05) is 29.9 Å². The minimum atomic E-state index is -0.628. The summed E-state index contributed by atoms with van der Waals surface area (Å²) in [6.45, 7) is 0. The third-order valence-corrected chi connectivity index (χ3v) is 4.81. The number of hydrogen-bond acceptors (Lipinski definition) is 7. The van der Waals surface area contributed by atoms with E-state index < -0.39 is 16.7 Å². The van der Waals surface area contributed by atoms with Crippen molar-refractivity contribution in [1.82, 2.24) is 14.8 Å². The van der Waals surface area contributed by atoms with Crippen LogP contribution in [0.15, 0.2) is 58.8 Å². The summed E-state index contributed by atoms with van der Waals surface area (Å²) in [5.41, 5.74) is 5.67. The van der Waals surface area contributed by atoms with E-state index in [9.17, 15) is 19.7 Å². The zero-order valence-electron chi connectivity index (χ0n) is 14.5. The van der Waals surface area contributed by atoms with Crippen LogP contribution in [0.4, 0.5) is 11.4 Å². The van der Waals surface area contributed by atoms with Crippen LogP contribution in [0.25, 0.3) is 0 Å². The van der Waals surface area contributed by atoms with Gasteiger partial charge < -0.3 is 15.6 Å². The number of nitrogens with zero attached hydrogens (tertiary/aromatic N) is 4. The molecule has 2 aromatic carbocycles. The molecule has 3 aromatic rings. The fourth-order valence-electron chi connectivity index (χ4n) is 2.30. The van der Waals surface area contributed by atoms with Crippen molar-refractivity contribution in [2.24, 2.45) is 12.8 Å². The third kappa shape index (κ3) is 4.15. The molecule has 0 aliphatic heterocycles. The first-order chi connectivity index (χ1) is 13.3. The number of primary amides is 1. The molecule has 0 aliphatic rings. The van der Waals surface area contributed by atoms with Crippen LogP contribution in [0.3, 0.4) is 0 Å². The van der Waals surface area contributed by atoms with E-state index in [0.717, 1.165) is 11.8 Å². The number of aryl methyl sites for hydroxylation is 1. The lowest BCUT2D eigenvalue weighted by atomic mass is 10.1. The number of carbonyl (C=O) groups is 2. The van der Waals surface area contributed by atoms with E-state index >= 15 is 0 Å². The summed E-state index contributed by atoms with van der Waals surface area (Å²) in [7, 11) is 1.72. The summed E-state index contributed by atoms with van der Waals surface area (Å²) < 4.78 is 1.63. The molecule has 0 unspecified atom stereocenters. The first kappa shape index (κ1) is 19.0. The average molecular weight is 398 g/mol. The number of nitrogens with two attached hydrogens (primary N) is 1. The second-order valence-electron chi connectivity index (χ2n) is 5.67. The van der Waals surface area contributed by atoms with Crippen molar-refractivity contribution >= 4 is 35.0 Å². The van der Waals surface area contributed by atoms with E-state index in [-0.39, 0.29) is 16.8 Å². The molecule has 3 N–H and O–H groups in total. The van der Waals surface area contributed by atoms with Gasteiger partial charge >= 0.3 is 0 Å². The highest BCUT2D eigenvalue weighted by Crippen LogP contribution is 2.34. The molecule has 0 aliphatic carbocycles. The van der Waals surface area contributed by atoms with Gasteiger partial charge in [0.05, 0.1) is 9.82 Å². The van der Waals surface area contributed by atoms with Gasteiger partial charge in [-0.3, -0.25) is 19.7 Å². The molecule has 0 radical (unpaired) electrons. The Hall–Kier alpha value is -3.73. The summed E-state index contributed by atoms with van der Waals surface area (Å²) in [5, 5.41) is 22.1. The van der Waals surface area contributed by atoms with Crippen LogP contribution in [0.2, 0.25) is 0 Å². The highest BCUT2D eigenvalue weighted by molar-refractivity contribution is 7.99. The van der Waals surface area contributed by atoms with Crippen molar-refractivity contribution in [2.45, 2.75) is 10.1 Å². The number of carbonyl (C=O) groups excluding carboxylic acids is 2. The zero-order chi connectivity index (χ0) is 20.3. The highest BCUT2D eigenvalue weighted by atomic mass is 32.2. The van der Waals surface area contributed by atoms with E-state index in [2.05, 4.69) is 15.5 Å². The Labute approximate surface area is 162 Å². The van der Waals surface area contributed by atoms with Gasteiger partial charge in [-0.05, 0) is 42.1 Å². The fourth-order valence-corrected chi connectivity index (χ4v) is 3.15. The molecular weight excluding hydrogens is 384 g/mol. The second kappa shape index (κ2) is 7.88. The second-order valence-corrected chi connectivity index (χ2v) is 6.67. The molecule has 0 fully saturated rings. The van der Waals surface area contributed by atoms with Crippen LogP contribution in [0, 0.1) is 10.1 Å². The number of nitro benzene ring substituents is 1. The maximum Gasteiger partial charge on any atom is 0.284 e. The van der Waals surface area contributed by atoms with E-state index in [1.54, 1.807) is 23.7 Å². The molecule has 2 amide bonds. The van der Waals surface area contributed by atoms with Gasteiger partial charge in [0.15, 0.2) is 5.16 Å². The highest BCUT2D eigenvalue weighted by Gasteiger charge is 2.20. The third-order valence-electron chi connectivity index (χ3n) is 3.69. The van der Waals surface area contributed by atoms with Crippen LogP contribution in [-0.2, 0) is 7.05 Å². The van der Waals surface area contributed by atoms with Gasteiger partial charge in [0.1, 0.15) is 6.33 Å². The molecule has 0 atom stereocenters. The number of benzene rings is 2. The maximum absolute atomic E-state index is 12.5. The minimum absolute atomic E-state index is 0.0958. The molecule has 0 saturated heterocycles. The lowest BCUT2D eigenvalue weighted by Gasteiger charge is -2.08. The van der Waals surface area contributed by atoms with Gasteiger partial charge in [-0.25, -0.2) is 0 Å². The predicted octanol–water partition coefficient (Wildman–Crippen LogP) is 2.23. The lowest BCUT2D eigenvalue weighted by molar-refractivity contribution is -0.387. The molecule has 142 valence electrons. The number of anilines is 1. The van der Waals surface area contributed by atoms with Crippen LogP contribution >= 0.6 is 11.8 Å². The van der Waals surface area contributed by atoms with E-state index in [1.165, 1.54) is 36.7 Å². The monoisotopic (exact) mass is 398 g/mol. The molecule has 28 heavy (non-hydrogen) atoms. The quantitative estimate of drug-likeness (QED) is 0.478. The van der Waals surface area contributed by atoms with Crippen molar-refractivity contribution < 1.29 is 14.5 Å². The van der Waals surface area contributed by atoms with Crippen LogP contribution in [0.5, 0.6) is 0 Å². The molecule has 0 bridgehead atoms. The maximum atomic E-state index is 12.5. The standard InChI is InChI=1S/C17H14N6O4S/c1-22-9-19-21-17(22)28-14-6-5-11(8-13(14)23(26)27)16(25)20-12-4-2-3-10(7-12)15(18)24/h2-9H,1H3,(H2,18,24)(H,20,25). The smallest absolute Gasteiger partial charge is 0.284 e. The first-order valence-electron chi connectivity index (χ1n) is 7.86. The Morgan fingerprint density at radius 2 is 2.00 bits per heavy atom. The van der Waals surface area contributed by atoms with Gasteiger partial charge in [-0.15, -0.1) is 10.2 Å². The van der Waals surface area contributed by atoms with Crippen molar-refractivity contribution in [2.75, 3.05) is 5.32 Å². The Morgan fingerprint density at radius 3 is 2.64 bits per heavy atom. The summed E-state index contributed by atoms with van der Waals surface area (Å²) in [5.74, 6) is -1.18. The summed E-state index contributed by atoms with van der Waals surface area (Å²) in [4.78, 5) is 34.9. The molecule has 0 saturated carbocycles. The number of rotatable bonds is 6. The summed E-state index contributed by atoms with van der Waals surface area (Å²) in [6.07, 6.45) is 1.48. The molecule has 3 rings (SSSR count). The lowest BCUT2D eigenvalue weighted by Crippen LogP contribution is -2.14. The van der Waals surface area contributed by atoms with Gasteiger partial charge in [-0.2, -0.15) is 0 Å². The number of nitrogens with one attached hydrogen (secondary N) is 1. The Balaban J connectivity index is 1.86. The Kier molecular flexibility index (Phi) is 5.36. The molecule has 10 nitrogen and oxygen atoms in total. The van der Waals surface area contributed by atoms with Gasteiger partial charge in [-0.1, -0.05) is 6.07 Å². The van der Waals surface area contributed by atoms with Crippen LogP contribution in [-0.4, -0.2) is 31.5 Å². The largest absolute Gasteiger partial charge is 0.366 e. The molecule has 1 aromatic heterocycles. The predicted molar refractivity (Wildman–Crippen MR) is 101 cm³/mol. The number of aromatic nitrogens is 3. The van der Waals surface area contributed by atoms with Gasteiger partial charge in [0.2, 0.25) is 5.91 Å². The fraction of sp³-hybridized carbons (Fsp3) is 0.0588. The van der Waals surface area contributed by atoms with Crippen molar-refractivity contribution in [1.29, 1.82) is 0 Å². The normalized spacial score (nSPS) is 10.5. The van der Waals surface area contributed by atoms with Crippen molar-refractivity contribution in [3.8, 4) is 0 Å². The first-order valence-corrected chi connectivity index (χ1v) is 8.68. The summed E-state index contributed by atoms with van der Waals surface area (Å²) in [6, 6.07) is 10.2. The van der Waals surface area contributed by atoms with Crippen molar-refractivity contribution in [3.63, 3.8) is 0 Å². The van der Waals surface area contributed by atoms with E-state index in [4.69, 9.17) is 5.73 Å². The summed E-state index contributed by atoms with van der Waals surface area (Å²) >= 11 is 1.07. The topological polar surface area (TPSA) is 146 Å². The zero-order valence-corrected chi connectivity index (χ0v) is 15.3. The van der Waals surface area contributed by atoms with Crippen molar-refractivity contribution in [3.05, 3.63) is 70.0 Å². The van der Waals surface area contributed by atoms with E-state index in [0.29, 0.717) is 15.7 Å². The SMILES string of the molecule is Cn1cnnc1Sc1ccc(C(=O)Nc2cccc(C(N)=O)c2)cc1[N+](=O)[O-]. The Bertz CT molecular complexity index is 1080. The molecule has 1 heterocycles. The number of nitro groups is 1. The van der Waals surface area contributed by atoms with E-state index in [1.807, 2.05) is 0 Å². The number of amides is 2. The molecule has 0 spiro atoms. The minimum Gasteiger partial charge on any atom is -0.366 e.